The third kappa shape index (κ3) is 2.69. The molecule has 2 aromatic heterocycles. The first kappa shape index (κ1) is 12.2. The molecule has 0 aliphatic rings. The standard InChI is InChI=1S/C9H10N6O2S/c1-10-9-13-4-6(15(16)17)8(14-9)12-5-7-11-2-3-18-7/h2-4H,5H2,1H3,(H2,10,12,13,14). The molecule has 2 N–H and O–H groups in total. The van der Waals surface area contributed by atoms with Crippen molar-refractivity contribution in [2.75, 3.05) is 17.7 Å². The average Bonchev–Trinajstić information content (AvgIpc) is 2.88. The number of nitro groups is 1. The Morgan fingerprint density at radius 1 is 1.50 bits per heavy atom. The zero-order chi connectivity index (χ0) is 13.0. The van der Waals surface area contributed by atoms with Crippen LogP contribution in [0.3, 0.4) is 0 Å². The molecule has 0 saturated heterocycles. The lowest BCUT2D eigenvalue weighted by Crippen LogP contribution is -2.07. The lowest BCUT2D eigenvalue weighted by atomic mass is 10.4. The van der Waals surface area contributed by atoms with Crippen molar-refractivity contribution in [1.82, 2.24) is 15.0 Å². The van der Waals surface area contributed by atoms with Gasteiger partial charge < -0.3 is 10.6 Å². The molecule has 18 heavy (non-hydrogen) atoms. The van der Waals surface area contributed by atoms with Crippen LogP contribution in [0.2, 0.25) is 0 Å². The molecule has 0 aliphatic heterocycles. The van der Waals surface area contributed by atoms with E-state index in [1.165, 1.54) is 17.5 Å². The van der Waals surface area contributed by atoms with Crippen LogP contribution in [0.1, 0.15) is 5.01 Å². The molecular formula is C9H10N6O2S. The molecule has 2 heterocycles. The minimum Gasteiger partial charge on any atom is -0.358 e. The predicted octanol–water partition coefficient (Wildman–Crippen LogP) is 1.50. The maximum atomic E-state index is 10.8. The minimum absolute atomic E-state index is 0.162. The van der Waals surface area contributed by atoms with Crippen molar-refractivity contribution in [3.05, 3.63) is 32.9 Å². The van der Waals surface area contributed by atoms with Crippen LogP contribution in [0.25, 0.3) is 0 Å². The zero-order valence-corrected chi connectivity index (χ0v) is 10.3. The molecular weight excluding hydrogens is 256 g/mol. The van der Waals surface area contributed by atoms with Gasteiger partial charge in [-0.15, -0.1) is 11.3 Å². The van der Waals surface area contributed by atoms with E-state index in [9.17, 15) is 10.1 Å². The Labute approximate surface area is 106 Å². The Kier molecular flexibility index (Phi) is 3.63. The fourth-order valence-electron chi connectivity index (χ4n) is 1.26. The molecule has 0 aliphatic carbocycles. The molecule has 9 heteroatoms. The number of thiazole rings is 1. The largest absolute Gasteiger partial charge is 0.358 e. The van der Waals surface area contributed by atoms with Gasteiger partial charge in [0.1, 0.15) is 11.2 Å². The SMILES string of the molecule is CNc1ncc([N+](=O)[O-])c(NCc2nccs2)n1. The summed E-state index contributed by atoms with van der Waals surface area (Å²) in [5, 5.41) is 19.1. The molecule has 0 spiro atoms. The van der Waals surface area contributed by atoms with Crippen LogP contribution in [-0.2, 0) is 6.54 Å². The number of hydrogen-bond donors (Lipinski definition) is 2. The van der Waals surface area contributed by atoms with Crippen LogP contribution in [0, 0.1) is 10.1 Å². The van der Waals surface area contributed by atoms with Crippen LogP contribution in [0.4, 0.5) is 17.5 Å². The van der Waals surface area contributed by atoms with Crippen molar-refractivity contribution in [3.8, 4) is 0 Å². The number of hydrogen-bond acceptors (Lipinski definition) is 8. The summed E-state index contributed by atoms with van der Waals surface area (Å²) >= 11 is 1.46. The van der Waals surface area contributed by atoms with Crippen molar-refractivity contribution < 1.29 is 4.92 Å². The van der Waals surface area contributed by atoms with E-state index in [2.05, 4.69) is 25.6 Å². The van der Waals surface area contributed by atoms with Gasteiger partial charge in [-0.1, -0.05) is 0 Å². The highest BCUT2D eigenvalue weighted by Gasteiger charge is 2.16. The van der Waals surface area contributed by atoms with E-state index in [0.29, 0.717) is 12.5 Å². The van der Waals surface area contributed by atoms with Gasteiger partial charge in [-0.05, 0) is 0 Å². The molecule has 8 nitrogen and oxygen atoms in total. The smallest absolute Gasteiger partial charge is 0.329 e. The van der Waals surface area contributed by atoms with E-state index < -0.39 is 4.92 Å². The third-order valence-electron chi connectivity index (χ3n) is 2.08. The van der Waals surface area contributed by atoms with Gasteiger partial charge in [-0.2, -0.15) is 4.98 Å². The summed E-state index contributed by atoms with van der Waals surface area (Å²) in [6.45, 7) is 0.388. The second-order valence-electron chi connectivity index (χ2n) is 3.21. The van der Waals surface area contributed by atoms with Crippen molar-refractivity contribution in [2.45, 2.75) is 6.54 Å². The Morgan fingerprint density at radius 3 is 2.94 bits per heavy atom. The van der Waals surface area contributed by atoms with Crippen molar-refractivity contribution in [3.63, 3.8) is 0 Å². The van der Waals surface area contributed by atoms with Crippen molar-refractivity contribution in [2.24, 2.45) is 0 Å². The molecule has 2 aromatic rings. The molecule has 0 amide bonds. The molecule has 0 aromatic carbocycles. The summed E-state index contributed by atoms with van der Waals surface area (Å²) in [5.74, 6) is 0.497. The molecule has 0 saturated carbocycles. The van der Waals surface area contributed by atoms with Gasteiger partial charge in [0.05, 0.1) is 11.5 Å². The lowest BCUT2D eigenvalue weighted by Gasteiger charge is -2.05. The van der Waals surface area contributed by atoms with Gasteiger partial charge in [0.25, 0.3) is 0 Å². The number of nitrogens with one attached hydrogen (secondary N) is 2. The summed E-state index contributed by atoms with van der Waals surface area (Å²) in [6, 6.07) is 0. The average molecular weight is 266 g/mol. The van der Waals surface area contributed by atoms with Crippen LogP contribution in [0.15, 0.2) is 17.8 Å². The van der Waals surface area contributed by atoms with Gasteiger partial charge in [0, 0.05) is 18.6 Å². The van der Waals surface area contributed by atoms with Crippen LogP contribution in [0.5, 0.6) is 0 Å². The lowest BCUT2D eigenvalue weighted by molar-refractivity contribution is -0.384. The monoisotopic (exact) mass is 266 g/mol. The second-order valence-corrected chi connectivity index (χ2v) is 4.19. The Balaban J connectivity index is 2.20. The normalized spacial score (nSPS) is 10.1. The highest BCUT2D eigenvalue weighted by atomic mass is 32.1. The number of anilines is 2. The summed E-state index contributed by atoms with van der Waals surface area (Å²) in [7, 11) is 1.64. The molecule has 0 fully saturated rings. The molecule has 0 radical (unpaired) electrons. The van der Waals surface area contributed by atoms with Crippen LogP contribution < -0.4 is 10.6 Å². The molecule has 0 bridgehead atoms. The molecule has 0 atom stereocenters. The van der Waals surface area contributed by atoms with Crippen molar-refractivity contribution in [1.29, 1.82) is 0 Å². The summed E-state index contributed by atoms with van der Waals surface area (Å²) < 4.78 is 0. The zero-order valence-electron chi connectivity index (χ0n) is 9.45. The predicted molar refractivity (Wildman–Crippen MR) is 67.7 cm³/mol. The molecule has 94 valence electrons. The molecule has 2 rings (SSSR count). The summed E-state index contributed by atoms with van der Waals surface area (Å²) in [5.41, 5.74) is -0.162. The highest BCUT2D eigenvalue weighted by Crippen LogP contribution is 2.22. The maximum absolute atomic E-state index is 10.8. The first-order chi connectivity index (χ1) is 8.70. The fourth-order valence-corrected chi connectivity index (χ4v) is 1.82. The quantitative estimate of drug-likeness (QED) is 0.623. The van der Waals surface area contributed by atoms with Crippen LogP contribution in [-0.4, -0.2) is 26.9 Å². The van der Waals surface area contributed by atoms with Gasteiger partial charge in [-0.3, -0.25) is 10.1 Å². The van der Waals surface area contributed by atoms with E-state index in [-0.39, 0.29) is 11.5 Å². The first-order valence-corrected chi connectivity index (χ1v) is 5.90. The second kappa shape index (κ2) is 5.36. The van der Waals surface area contributed by atoms with Gasteiger partial charge in [0.2, 0.25) is 11.8 Å². The number of rotatable bonds is 5. The van der Waals surface area contributed by atoms with Gasteiger partial charge >= 0.3 is 5.69 Å². The highest BCUT2D eigenvalue weighted by molar-refractivity contribution is 7.09. The molecule has 0 unspecified atom stereocenters. The maximum Gasteiger partial charge on any atom is 0.329 e. The van der Waals surface area contributed by atoms with E-state index in [1.807, 2.05) is 5.38 Å². The van der Waals surface area contributed by atoms with E-state index in [0.717, 1.165) is 5.01 Å². The third-order valence-corrected chi connectivity index (χ3v) is 2.86. The van der Waals surface area contributed by atoms with Crippen molar-refractivity contribution >= 4 is 28.8 Å². The number of aromatic nitrogens is 3. The topological polar surface area (TPSA) is 106 Å². The minimum atomic E-state index is -0.524. The fraction of sp³-hybridized carbons (Fsp3) is 0.222. The van der Waals surface area contributed by atoms with E-state index in [4.69, 9.17) is 0 Å². The van der Waals surface area contributed by atoms with Crippen LogP contribution >= 0.6 is 11.3 Å². The van der Waals surface area contributed by atoms with E-state index in [1.54, 1.807) is 13.2 Å². The number of nitrogens with zero attached hydrogens (tertiary/aromatic N) is 4. The Morgan fingerprint density at radius 2 is 2.33 bits per heavy atom. The van der Waals surface area contributed by atoms with Gasteiger partial charge in [0.15, 0.2) is 0 Å². The summed E-state index contributed by atoms with van der Waals surface area (Å²) in [4.78, 5) is 22.2. The summed E-state index contributed by atoms with van der Waals surface area (Å²) in [6.07, 6.45) is 2.85. The van der Waals surface area contributed by atoms with Gasteiger partial charge in [-0.25, -0.2) is 9.97 Å². The Bertz CT molecular complexity index is 544. The Hall–Kier alpha value is -2.29. The van der Waals surface area contributed by atoms with E-state index >= 15 is 0 Å². The first-order valence-electron chi connectivity index (χ1n) is 5.02.